The molecule has 0 spiro atoms. The molecule has 3 rings (SSSR count). The first-order valence-electron chi connectivity index (χ1n) is 6.55. The number of hydrogen-bond donors (Lipinski definition) is 2. The summed E-state index contributed by atoms with van der Waals surface area (Å²) in [4.78, 5) is 23.6. The molecule has 2 N–H and O–H groups in total. The van der Waals surface area contributed by atoms with Crippen molar-refractivity contribution >= 4 is 17.5 Å². The Labute approximate surface area is 121 Å². The Morgan fingerprint density at radius 2 is 2.24 bits per heavy atom. The van der Waals surface area contributed by atoms with Crippen LogP contribution < -0.4 is 15.4 Å². The molecule has 1 atom stereocenters. The molecule has 21 heavy (non-hydrogen) atoms. The first-order valence-corrected chi connectivity index (χ1v) is 6.55. The van der Waals surface area contributed by atoms with E-state index in [0.717, 1.165) is 0 Å². The molecule has 0 saturated carbocycles. The minimum absolute atomic E-state index is 0.226. The minimum atomic E-state index is -0.531. The number of nitrogens with one attached hydrogen (secondary N) is 2. The van der Waals surface area contributed by atoms with Crippen LogP contribution in [0.4, 0.5) is 5.69 Å². The number of benzene rings is 1. The number of anilines is 1. The third kappa shape index (κ3) is 2.74. The van der Waals surface area contributed by atoms with E-state index in [1.807, 2.05) is 0 Å². The van der Waals surface area contributed by atoms with Crippen LogP contribution in [0.3, 0.4) is 0 Å². The molecule has 2 amide bonds. The fraction of sp³-hybridized carbons (Fsp3) is 0.200. The van der Waals surface area contributed by atoms with Gasteiger partial charge in [0.15, 0.2) is 6.10 Å². The zero-order valence-electron chi connectivity index (χ0n) is 11.4. The standard InChI is InChI=1S/C15H14N2O4/c1-9-14(18)17-12-7-10(4-5-13(12)21-9)15(19)16-8-11-3-2-6-20-11/h2-7,9H,8H2,1H3,(H,16,19)(H,17,18). The van der Waals surface area contributed by atoms with Crippen molar-refractivity contribution in [3.8, 4) is 5.75 Å². The number of carbonyl (C=O) groups is 2. The zero-order chi connectivity index (χ0) is 14.8. The van der Waals surface area contributed by atoms with Crippen LogP contribution in [0.5, 0.6) is 5.75 Å². The van der Waals surface area contributed by atoms with Gasteiger partial charge in [-0.05, 0) is 37.3 Å². The van der Waals surface area contributed by atoms with Crippen LogP contribution in [0.15, 0.2) is 41.0 Å². The van der Waals surface area contributed by atoms with E-state index in [0.29, 0.717) is 29.3 Å². The van der Waals surface area contributed by atoms with Crippen LogP contribution in [0.1, 0.15) is 23.0 Å². The van der Waals surface area contributed by atoms with E-state index in [1.54, 1.807) is 43.5 Å². The minimum Gasteiger partial charge on any atom is -0.479 e. The van der Waals surface area contributed by atoms with Gasteiger partial charge in [0, 0.05) is 5.56 Å². The lowest BCUT2D eigenvalue weighted by atomic mass is 10.1. The van der Waals surface area contributed by atoms with E-state index < -0.39 is 6.10 Å². The molecule has 1 aliphatic heterocycles. The van der Waals surface area contributed by atoms with Crippen molar-refractivity contribution in [2.45, 2.75) is 19.6 Å². The molecule has 0 saturated heterocycles. The maximum atomic E-state index is 12.1. The zero-order valence-corrected chi connectivity index (χ0v) is 11.4. The molecular formula is C15H14N2O4. The van der Waals surface area contributed by atoms with E-state index in [4.69, 9.17) is 9.15 Å². The molecule has 108 valence electrons. The monoisotopic (exact) mass is 286 g/mol. The maximum Gasteiger partial charge on any atom is 0.265 e. The highest BCUT2D eigenvalue weighted by Gasteiger charge is 2.24. The number of amides is 2. The molecule has 2 heterocycles. The molecule has 1 unspecified atom stereocenters. The van der Waals surface area contributed by atoms with E-state index in [1.165, 1.54) is 0 Å². The molecule has 6 nitrogen and oxygen atoms in total. The predicted octanol–water partition coefficient (Wildman–Crippen LogP) is 1.93. The molecule has 1 aliphatic rings. The summed E-state index contributed by atoms with van der Waals surface area (Å²) in [6, 6.07) is 8.46. The van der Waals surface area contributed by atoms with Gasteiger partial charge in [-0.25, -0.2) is 0 Å². The molecule has 0 fully saturated rings. The van der Waals surface area contributed by atoms with Crippen molar-refractivity contribution in [2.75, 3.05) is 5.32 Å². The molecule has 2 aromatic rings. The van der Waals surface area contributed by atoms with Crippen molar-refractivity contribution in [3.63, 3.8) is 0 Å². The highest BCUT2D eigenvalue weighted by atomic mass is 16.5. The van der Waals surface area contributed by atoms with E-state index in [9.17, 15) is 9.59 Å². The highest BCUT2D eigenvalue weighted by Crippen LogP contribution is 2.30. The number of furan rings is 1. The Balaban J connectivity index is 1.73. The van der Waals surface area contributed by atoms with Gasteiger partial charge in [0.2, 0.25) is 0 Å². The van der Waals surface area contributed by atoms with Gasteiger partial charge in [-0.15, -0.1) is 0 Å². The topological polar surface area (TPSA) is 80.6 Å². The van der Waals surface area contributed by atoms with Gasteiger partial charge in [-0.1, -0.05) is 0 Å². The van der Waals surface area contributed by atoms with Gasteiger partial charge in [0.25, 0.3) is 11.8 Å². The summed E-state index contributed by atoms with van der Waals surface area (Å²) in [5, 5.41) is 5.45. The number of fused-ring (bicyclic) bond motifs is 1. The maximum absolute atomic E-state index is 12.1. The SMILES string of the molecule is CC1Oc2ccc(C(=O)NCc3ccco3)cc2NC1=O. The summed E-state index contributed by atoms with van der Waals surface area (Å²) in [6.45, 7) is 1.98. The van der Waals surface area contributed by atoms with Crippen molar-refractivity contribution in [3.05, 3.63) is 47.9 Å². The van der Waals surface area contributed by atoms with Crippen molar-refractivity contribution < 1.29 is 18.7 Å². The fourth-order valence-electron chi connectivity index (χ4n) is 2.03. The number of hydrogen-bond acceptors (Lipinski definition) is 4. The summed E-state index contributed by atoms with van der Waals surface area (Å²) >= 11 is 0. The second-order valence-electron chi connectivity index (χ2n) is 4.72. The molecule has 0 radical (unpaired) electrons. The summed E-state index contributed by atoms with van der Waals surface area (Å²) in [5.74, 6) is 0.758. The molecule has 0 aliphatic carbocycles. The Morgan fingerprint density at radius 3 is 3.00 bits per heavy atom. The molecule has 0 bridgehead atoms. The van der Waals surface area contributed by atoms with Gasteiger partial charge >= 0.3 is 0 Å². The van der Waals surface area contributed by atoms with Crippen LogP contribution in [0.25, 0.3) is 0 Å². The van der Waals surface area contributed by atoms with Crippen molar-refractivity contribution in [1.29, 1.82) is 0 Å². The third-order valence-electron chi connectivity index (χ3n) is 3.18. The molecular weight excluding hydrogens is 272 g/mol. The highest BCUT2D eigenvalue weighted by molar-refractivity contribution is 6.00. The quantitative estimate of drug-likeness (QED) is 0.903. The van der Waals surface area contributed by atoms with Crippen LogP contribution in [-0.2, 0) is 11.3 Å². The number of rotatable bonds is 3. The van der Waals surface area contributed by atoms with Gasteiger partial charge in [0.1, 0.15) is 11.5 Å². The van der Waals surface area contributed by atoms with Gasteiger partial charge in [-0.3, -0.25) is 9.59 Å². The normalized spacial score (nSPS) is 16.6. The van der Waals surface area contributed by atoms with Crippen LogP contribution in [-0.4, -0.2) is 17.9 Å². The predicted molar refractivity (Wildman–Crippen MR) is 75.0 cm³/mol. The fourth-order valence-corrected chi connectivity index (χ4v) is 2.03. The van der Waals surface area contributed by atoms with E-state index in [-0.39, 0.29) is 11.8 Å². The second-order valence-corrected chi connectivity index (χ2v) is 4.72. The lowest BCUT2D eigenvalue weighted by Gasteiger charge is -2.23. The van der Waals surface area contributed by atoms with Crippen molar-refractivity contribution in [1.82, 2.24) is 5.32 Å². The average Bonchev–Trinajstić information content (AvgIpc) is 2.99. The molecule has 1 aromatic carbocycles. The lowest BCUT2D eigenvalue weighted by molar-refractivity contribution is -0.122. The summed E-state index contributed by atoms with van der Waals surface area (Å²) in [6.07, 6.45) is 1.02. The average molecular weight is 286 g/mol. The Kier molecular flexibility index (Phi) is 3.35. The first kappa shape index (κ1) is 13.2. The molecule has 1 aromatic heterocycles. The summed E-state index contributed by atoms with van der Waals surface area (Å²) in [5.41, 5.74) is 0.947. The summed E-state index contributed by atoms with van der Waals surface area (Å²) < 4.78 is 10.6. The van der Waals surface area contributed by atoms with Crippen LogP contribution in [0, 0.1) is 0 Å². The molecule has 6 heteroatoms. The van der Waals surface area contributed by atoms with Gasteiger partial charge < -0.3 is 19.8 Å². The number of carbonyl (C=O) groups excluding carboxylic acids is 2. The lowest BCUT2D eigenvalue weighted by Crippen LogP contribution is -2.34. The largest absolute Gasteiger partial charge is 0.479 e. The third-order valence-corrected chi connectivity index (χ3v) is 3.18. The Bertz CT molecular complexity index is 679. The van der Waals surface area contributed by atoms with Crippen LogP contribution >= 0.6 is 0 Å². The van der Waals surface area contributed by atoms with E-state index >= 15 is 0 Å². The van der Waals surface area contributed by atoms with E-state index in [2.05, 4.69) is 10.6 Å². The Morgan fingerprint density at radius 1 is 1.38 bits per heavy atom. The smallest absolute Gasteiger partial charge is 0.265 e. The second kappa shape index (κ2) is 5.32. The number of ether oxygens (including phenoxy) is 1. The van der Waals surface area contributed by atoms with Gasteiger partial charge in [0.05, 0.1) is 18.5 Å². The van der Waals surface area contributed by atoms with Gasteiger partial charge in [-0.2, -0.15) is 0 Å². The Hall–Kier alpha value is -2.76. The summed E-state index contributed by atoms with van der Waals surface area (Å²) in [7, 11) is 0. The van der Waals surface area contributed by atoms with Crippen molar-refractivity contribution in [2.24, 2.45) is 0 Å². The van der Waals surface area contributed by atoms with Crippen LogP contribution in [0.2, 0.25) is 0 Å². The first-order chi connectivity index (χ1) is 10.1.